The van der Waals surface area contributed by atoms with Crippen LogP contribution in [0.3, 0.4) is 0 Å². The van der Waals surface area contributed by atoms with Crippen LogP contribution in [0.2, 0.25) is 0 Å². The molecular weight excluding hydrogens is 313 g/mol. The minimum atomic E-state index is -0.432. The Balaban J connectivity index is 1.72. The van der Waals surface area contributed by atoms with Crippen LogP contribution in [-0.4, -0.2) is 37.0 Å². The van der Waals surface area contributed by atoms with Gasteiger partial charge in [-0.25, -0.2) is 9.37 Å². The molecule has 24 heavy (non-hydrogen) atoms. The third-order valence-corrected chi connectivity index (χ3v) is 4.12. The molecule has 2 heterocycles. The molecule has 2 aromatic heterocycles. The normalized spacial score (nSPS) is 14.0. The Morgan fingerprint density at radius 1 is 1.33 bits per heavy atom. The maximum atomic E-state index is 13.9. The first-order chi connectivity index (χ1) is 11.6. The molecule has 1 saturated carbocycles. The van der Waals surface area contributed by atoms with Crippen molar-refractivity contribution in [1.82, 2.24) is 25.1 Å². The van der Waals surface area contributed by atoms with Crippen LogP contribution in [0.4, 0.5) is 4.39 Å². The molecule has 1 fully saturated rings. The van der Waals surface area contributed by atoms with E-state index >= 15 is 0 Å². The first kappa shape index (κ1) is 14.6. The van der Waals surface area contributed by atoms with Gasteiger partial charge < -0.3 is 9.88 Å². The fraction of sp³-hybridized carbons (Fsp3) is 0.250. The number of carbonyl (C=O) groups excluding carboxylic acids is 1. The van der Waals surface area contributed by atoms with Crippen molar-refractivity contribution in [2.24, 2.45) is 0 Å². The van der Waals surface area contributed by atoms with Gasteiger partial charge in [0, 0.05) is 18.2 Å². The predicted octanol–water partition coefficient (Wildman–Crippen LogP) is 1.59. The minimum absolute atomic E-state index is 0.0474. The van der Waals surface area contributed by atoms with E-state index in [4.69, 9.17) is 0 Å². The number of nitrogens with one attached hydrogen (secondary N) is 2. The topological polar surface area (TPSA) is 94.7 Å². The molecule has 1 aliphatic rings. The van der Waals surface area contributed by atoms with Crippen LogP contribution in [0.1, 0.15) is 28.9 Å². The number of halogens is 1. The van der Waals surface area contributed by atoms with E-state index in [2.05, 4.69) is 20.2 Å². The van der Waals surface area contributed by atoms with Crippen LogP contribution < -0.4 is 5.56 Å². The predicted molar refractivity (Wildman–Crippen MR) is 83.8 cm³/mol. The Hall–Kier alpha value is -3.03. The van der Waals surface area contributed by atoms with Gasteiger partial charge in [-0.3, -0.25) is 14.7 Å². The first-order valence-corrected chi connectivity index (χ1v) is 7.61. The van der Waals surface area contributed by atoms with Crippen molar-refractivity contribution in [3.05, 3.63) is 58.0 Å². The van der Waals surface area contributed by atoms with Gasteiger partial charge in [-0.05, 0) is 18.9 Å². The fourth-order valence-electron chi connectivity index (χ4n) is 2.73. The van der Waals surface area contributed by atoms with Crippen LogP contribution in [0, 0.1) is 5.82 Å². The summed E-state index contributed by atoms with van der Waals surface area (Å²) in [6.07, 6.45) is 2.96. The number of benzene rings is 1. The van der Waals surface area contributed by atoms with Crippen molar-refractivity contribution in [2.45, 2.75) is 25.4 Å². The molecule has 0 atom stereocenters. The van der Waals surface area contributed by atoms with Gasteiger partial charge in [-0.15, -0.1) is 0 Å². The summed E-state index contributed by atoms with van der Waals surface area (Å²) >= 11 is 0. The lowest BCUT2D eigenvalue weighted by Gasteiger charge is -2.22. The van der Waals surface area contributed by atoms with Crippen molar-refractivity contribution in [2.75, 3.05) is 0 Å². The maximum absolute atomic E-state index is 13.9. The minimum Gasteiger partial charge on any atom is -0.330 e. The van der Waals surface area contributed by atoms with E-state index in [0.29, 0.717) is 5.56 Å². The Morgan fingerprint density at radius 3 is 2.88 bits per heavy atom. The first-order valence-electron chi connectivity index (χ1n) is 7.61. The number of rotatable bonds is 4. The number of hydrogen-bond acceptors (Lipinski definition) is 4. The molecule has 2 N–H and O–H groups in total. The van der Waals surface area contributed by atoms with Crippen molar-refractivity contribution in [1.29, 1.82) is 0 Å². The zero-order chi connectivity index (χ0) is 16.7. The van der Waals surface area contributed by atoms with Gasteiger partial charge in [0.15, 0.2) is 5.65 Å². The number of amides is 1. The molecule has 4 rings (SSSR count). The van der Waals surface area contributed by atoms with Crippen LogP contribution >= 0.6 is 0 Å². The largest absolute Gasteiger partial charge is 0.330 e. The van der Waals surface area contributed by atoms with Gasteiger partial charge in [-0.2, -0.15) is 5.10 Å². The summed E-state index contributed by atoms with van der Waals surface area (Å²) in [6, 6.07) is 6.40. The smallest absolute Gasteiger partial charge is 0.273 e. The van der Waals surface area contributed by atoms with Crippen LogP contribution in [0.5, 0.6) is 0 Å². The highest BCUT2D eigenvalue weighted by Crippen LogP contribution is 2.30. The molecule has 8 heteroatoms. The van der Waals surface area contributed by atoms with Crippen molar-refractivity contribution < 1.29 is 9.18 Å². The molecule has 0 bridgehead atoms. The highest BCUT2D eigenvalue weighted by molar-refractivity contribution is 6.03. The second kappa shape index (κ2) is 5.55. The Morgan fingerprint density at radius 2 is 2.12 bits per heavy atom. The average Bonchev–Trinajstić information content (AvgIpc) is 3.32. The summed E-state index contributed by atoms with van der Waals surface area (Å²) in [7, 11) is 0. The Labute approximate surface area is 135 Å². The molecule has 1 aromatic carbocycles. The highest BCUT2D eigenvalue weighted by atomic mass is 19.1. The lowest BCUT2D eigenvalue weighted by atomic mass is 10.1. The number of H-pyrrole nitrogens is 2. The van der Waals surface area contributed by atoms with E-state index < -0.39 is 5.56 Å². The summed E-state index contributed by atoms with van der Waals surface area (Å²) in [6.45, 7) is 0.148. The van der Waals surface area contributed by atoms with E-state index in [1.54, 1.807) is 23.1 Å². The summed E-state index contributed by atoms with van der Waals surface area (Å²) < 4.78 is 13.9. The van der Waals surface area contributed by atoms with Gasteiger partial charge in [0.2, 0.25) is 0 Å². The molecule has 0 aliphatic heterocycles. The molecule has 0 spiro atoms. The molecule has 7 nitrogen and oxygen atoms in total. The molecule has 0 radical (unpaired) electrons. The number of hydrogen-bond donors (Lipinski definition) is 2. The summed E-state index contributed by atoms with van der Waals surface area (Å²) in [5, 5.41) is 6.64. The molecule has 3 aromatic rings. The molecule has 122 valence electrons. The Kier molecular flexibility index (Phi) is 3.37. The average molecular weight is 327 g/mol. The van der Waals surface area contributed by atoms with Crippen LogP contribution in [0.15, 0.2) is 35.4 Å². The van der Waals surface area contributed by atoms with E-state index in [0.717, 1.165) is 12.8 Å². The third-order valence-electron chi connectivity index (χ3n) is 4.12. The number of aromatic nitrogens is 4. The lowest BCUT2D eigenvalue weighted by Crippen LogP contribution is -2.33. The summed E-state index contributed by atoms with van der Waals surface area (Å²) in [4.78, 5) is 32.9. The number of nitrogens with zero attached hydrogens (tertiary/aromatic N) is 3. The number of fused-ring (bicyclic) bond motifs is 1. The summed E-state index contributed by atoms with van der Waals surface area (Å²) in [5.41, 5.74) is 0.277. The monoisotopic (exact) mass is 327 g/mol. The second-order valence-electron chi connectivity index (χ2n) is 5.78. The SMILES string of the molecule is O=C(c1[nH]nc2nc[nH]c(=O)c12)N(Cc1ccccc1F)C1CC1. The molecule has 1 amide bonds. The standard InChI is InChI=1S/C16H14FN5O2/c17-11-4-2-1-3-9(11)7-22(10-5-6-10)16(24)13-12-14(21-20-13)18-8-19-15(12)23/h1-4,8,10H,5-7H2,(H2,18,19,20,21,23). The van der Waals surface area contributed by atoms with Crippen molar-refractivity contribution >= 4 is 16.9 Å². The van der Waals surface area contributed by atoms with Gasteiger partial charge in [0.1, 0.15) is 16.9 Å². The third kappa shape index (κ3) is 2.45. The van der Waals surface area contributed by atoms with Crippen LogP contribution in [0.25, 0.3) is 11.0 Å². The molecule has 0 unspecified atom stereocenters. The van der Waals surface area contributed by atoms with E-state index in [9.17, 15) is 14.0 Å². The quantitative estimate of drug-likeness (QED) is 0.761. The maximum Gasteiger partial charge on any atom is 0.273 e. The summed E-state index contributed by atoms with van der Waals surface area (Å²) in [5.74, 6) is -0.730. The van der Waals surface area contributed by atoms with Crippen LogP contribution in [-0.2, 0) is 6.54 Å². The van der Waals surface area contributed by atoms with E-state index in [1.165, 1.54) is 12.4 Å². The van der Waals surface area contributed by atoms with Gasteiger partial charge >= 0.3 is 0 Å². The lowest BCUT2D eigenvalue weighted by molar-refractivity contribution is 0.0724. The van der Waals surface area contributed by atoms with Gasteiger partial charge in [0.05, 0.1) is 6.33 Å². The van der Waals surface area contributed by atoms with E-state index in [1.807, 2.05) is 0 Å². The molecular formula is C16H14FN5O2. The van der Waals surface area contributed by atoms with E-state index in [-0.39, 0.29) is 41.0 Å². The second-order valence-corrected chi connectivity index (χ2v) is 5.78. The fourth-order valence-corrected chi connectivity index (χ4v) is 2.73. The van der Waals surface area contributed by atoms with Gasteiger partial charge in [0.25, 0.3) is 11.5 Å². The number of aromatic amines is 2. The molecule has 1 aliphatic carbocycles. The van der Waals surface area contributed by atoms with Crippen molar-refractivity contribution in [3.63, 3.8) is 0 Å². The number of carbonyl (C=O) groups is 1. The highest BCUT2D eigenvalue weighted by Gasteiger charge is 2.35. The zero-order valence-electron chi connectivity index (χ0n) is 12.6. The zero-order valence-corrected chi connectivity index (χ0v) is 12.6. The Bertz CT molecular complexity index is 976. The van der Waals surface area contributed by atoms with Gasteiger partial charge in [-0.1, -0.05) is 18.2 Å². The van der Waals surface area contributed by atoms with Crippen molar-refractivity contribution in [3.8, 4) is 0 Å². The molecule has 0 saturated heterocycles.